The Morgan fingerprint density at radius 1 is 1.24 bits per heavy atom. The van der Waals surface area contributed by atoms with Crippen LogP contribution in [0.4, 0.5) is 10.1 Å². The number of aryl methyl sites for hydroxylation is 1. The first-order valence-electron chi connectivity index (χ1n) is 6.90. The number of hydrogen-bond acceptors (Lipinski definition) is 2. The summed E-state index contributed by atoms with van der Waals surface area (Å²) in [5.41, 5.74) is 1.90. The van der Waals surface area contributed by atoms with Gasteiger partial charge in [0.05, 0.1) is 0 Å². The van der Waals surface area contributed by atoms with Gasteiger partial charge in [0.2, 0.25) is 0 Å². The predicted octanol–water partition coefficient (Wildman–Crippen LogP) is 3.79. The van der Waals surface area contributed by atoms with Gasteiger partial charge in [-0.2, -0.15) is 0 Å². The summed E-state index contributed by atoms with van der Waals surface area (Å²) < 4.78 is 18.3. The fourth-order valence-electron chi connectivity index (χ4n) is 1.88. The molecule has 1 atom stereocenters. The van der Waals surface area contributed by atoms with Crippen molar-refractivity contribution in [2.24, 2.45) is 0 Å². The van der Waals surface area contributed by atoms with Crippen LogP contribution in [-0.2, 0) is 11.2 Å². The molecule has 0 spiro atoms. The second kappa shape index (κ2) is 6.88. The van der Waals surface area contributed by atoms with E-state index in [1.807, 2.05) is 24.3 Å². The molecule has 2 aromatic carbocycles. The van der Waals surface area contributed by atoms with Crippen LogP contribution in [0.15, 0.2) is 48.5 Å². The summed E-state index contributed by atoms with van der Waals surface area (Å²) in [7, 11) is 0. The molecule has 110 valence electrons. The maximum absolute atomic E-state index is 12.8. The molecule has 0 unspecified atom stereocenters. The minimum atomic E-state index is -0.666. The lowest BCUT2D eigenvalue weighted by atomic mass is 10.1. The van der Waals surface area contributed by atoms with Gasteiger partial charge >= 0.3 is 0 Å². The number of amides is 1. The normalized spacial score (nSPS) is 11.8. The average molecular weight is 287 g/mol. The van der Waals surface area contributed by atoms with E-state index in [0.29, 0.717) is 5.75 Å². The topological polar surface area (TPSA) is 38.3 Å². The first-order valence-corrected chi connectivity index (χ1v) is 6.90. The van der Waals surface area contributed by atoms with Crippen LogP contribution in [0.2, 0.25) is 0 Å². The number of ether oxygens (including phenoxy) is 1. The van der Waals surface area contributed by atoms with E-state index in [4.69, 9.17) is 4.74 Å². The Morgan fingerprint density at radius 3 is 2.62 bits per heavy atom. The van der Waals surface area contributed by atoms with E-state index in [1.54, 1.807) is 6.92 Å². The average Bonchev–Trinajstić information content (AvgIpc) is 2.49. The van der Waals surface area contributed by atoms with Gasteiger partial charge in [0, 0.05) is 5.69 Å². The molecule has 3 nitrogen and oxygen atoms in total. The van der Waals surface area contributed by atoms with Gasteiger partial charge < -0.3 is 10.1 Å². The molecule has 0 aromatic heterocycles. The summed E-state index contributed by atoms with van der Waals surface area (Å²) in [4.78, 5) is 12.1. The van der Waals surface area contributed by atoms with Gasteiger partial charge in [-0.3, -0.25) is 4.79 Å². The van der Waals surface area contributed by atoms with Crippen molar-refractivity contribution in [2.75, 3.05) is 5.32 Å². The van der Waals surface area contributed by atoms with Crippen LogP contribution in [-0.4, -0.2) is 12.0 Å². The summed E-state index contributed by atoms with van der Waals surface area (Å²) >= 11 is 0. The van der Waals surface area contributed by atoms with E-state index in [1.165, 1.54) is 24.3 Å². The fourth-order valence-corrected chi connectivity index (χ4v) is 1.88. The molecular weight excluding hydrogens is 269 g/mol. The molecule has 0 aliphatic carbocycles. The molecule has 0 radical (unpaired) electrons. The van der Waals surface area contributed by atoms with Gasteiger partial charge in [-0.1, -0.05) is 19.1 Å². The van der Waals surface area contributed by atoms with Gasteiger partial charge in [0.25, 0.3) is 5.91 Å². The highest BCUT2D eigenvalue weighted by Crippen LogP contribution is 2.15. The fraction of sp³-hybridized carbons (Fsp3) is 0.235. The van der Waals surface area contributed by atoms with Crippen molar-refractivity contribution < 1.29 is 13.9 Å². The zero-order chi connectivity index (χ0) is 15.2. The Balaban J connectivity index is 1.97. The SMILES string of the molecule is CCc1cccc(NC(=O)[C@@H](C)Oc2ccc(F)cc2)c1. The molecule has 0 aliphatic rings. The van der Waals surface area contributed by atoms with Crippen molar-refractivity contribution in [1.29, 1.82) is 0 Å². The molecule has 2 aromatic rings. The van der Waals surface area contributed by atoms with Gasteiger partial charge in [-0.05, 0) is 55.3 Å². The quantitative estimate of drug-likeness (QED) is 0.908. The molecule has 4 heteroatoms. The Labute approximate surface area is 123 Å². The van der Waals surface area contributed by atoms with E-state index in [0.717, 1.165) is 17.7 Å². The van der Waals surface area contributed by atoms with E-state index in [2.05, 4.69) is 12.2 Å². The standard InChI is InChI=1S/C17H18FNO2/c1-3-13-5-4-6-15(11-13)19-17(20)12(2)21-16-9-7-14(18)8-10-16/h4-12H,3H2,1-2H3,(H,19,20)/t12-/m1/s1. The third-order valence-electron chi connectivity index (χ3n) is 3.10. The second-order valence-electron chi connectivity index (χ2n) is 4.76. The molecule has 0 saturated carbocycles. The highest BCUT2D eigenvalue weighted by atomic mass is 19.1. The van der Waals surface area contributed by atoms with Crippen LogP contribution in [0, 0.1) is 5.82 Å². The molecule has 0 fully saturated rings. The zero-order valence-electron chi connectivity index (χ0n) is 12.1. The maximum atomic E-state index is 12.8. The first kappa shape index (κ1) is 15.0. The monoisotopic (exact) mass is 287 g/mol. The molecule has 1 amide bonds. The predicted molar refractivity (Wildman–Crippen MR) is 80.9 cm³/mol. The Kier molecular flexibility index (Phi) is 4.93. The molecule has 1 N–H and O–H groups in total. The number of carbonyl (C=O) groups excluding carboxylic acids is 1. The smallest absolute Gasteiger partial charge is 0.265 e. The zero-order valence-corrected chi connectivity index (χ0v) is 12.1. The Hall–Kier alpha value is -2.36. The number of anilines is 1. The summed E-state index contributed by atoms with van der Waals surface area (Å²) in [6, 6.07) is 13.3. The van der Waals surface area contributed by atoms with Gasteiger partial charge in [-0.15, -0.1) is 0 Å². The Bertz CT molecular complexity index is 610. The van der Waals surface area contributed by atoms with Gasteiger partial charge in [0.1, 0.15) is 11.6 Å². The molecule has 0 bridgehead atoms. The lowest BCUT2D eigenvalue weighted by Gasteiger charge is -2.15. The molecule has 2 rings (SSSR count). The maximum Gasteiger partial charge on any atom is 0.265 e. The first-order chi connectivity index (χ1) is 10.1. The Morgan fingerprint density at radius 2 is 1.95 bits per heavy atom. The number of nitrogens with one attached hydrogen (secondary N) is 1. The third-order valence-corrected chi connectivity index (χ3v) is 3.10. The molecule has 0 aliphatic heterocycles. The molecule has 0 heterocycles. The van der Waals surface area contributed by atoms with Crippen molar-refractivity contribution in [1.82, 2.24) is 0 Å². The highest BCUT2D eigenvalue weighted by Gasteiger charge is 2.15. The largest absolute Gasteiger partial charge is 0.481 e. The van der Waals surface area contributed by atoms with E-state index in [-0.39, 0.29) is 11.7 Å². The second-order valence-corrected chi connectivity index (χ2v) is 4.76. The lowest BCUT2D eigenvalue weighted by Crippen LogP contribution is -2.30. The number of hydrogen-bond donors (Lipinski definition) is 1. The number of halogens is 1. The van der Waals surface area contributed by atoms with Crippen LogP contribution in [0.3, 0.4) is 0 Å². The summed E-state index contributed by atoms with van der Waals surface area (Å²) in [5.74, 6) is -0.121. The number of benzene rings is 2. The number of carbonyl (C=O) groups is 1. The van der Waals surface area contributed by atoms with Crippen molar-refractivity contribution in [3.05, 3.63) is 59.9 Å². The van der Waals surface area contributed by atoms with Crippen molar-refractivity contribution in [3.8, 4) is 5.75 Å². The van der Waals surface area contributed by atoms with Crippen molar-refractivity contribution in [2.45, 2.75) is 26.4 Å². The van der Waals surface area contributed by atoms with Crippen LogP contribution in [0.1, 0.15) is 19.4 Å². The van der Waals surface area contributed by atoms with Crippen LogP contribution in [0.5, 0.6) is 5.75 Å². The van der Waals surface area contributed by atoms with Crippen molar-refractivity contribution in [3.63, 3.8) is 0 Å². The molecule has 0 saturated heterocycles. The lowest BCUT2D eigenvalue weighted by molar-refractivity contribution is -0.122. The number of rotatable bonds is 5. The van der Waals surface area contributed by atoms with E-state index < -0.39 is 6.10 Å². The minimum Gasteiger partial charge on any atom is -0.481 e. The molecular formula is C17H18FNO2. The summed E-state index contributed by atoms with van der Waals surface area (Å²) in [6.45, 7) is 3.71. The summed E-state index contributed by atoms with van der Waals surface area (Å²) in [5, 5.41) is 2.81. The summed E-state index contributed by atoms with van der Waals surface area (Å²) in [6.07, 6.45) is 0.242. The third kappa shape index (κ3) is 4.31. The van der Waals surface area contributed by atoms with Gasteiger partial charge in [-0.25, -0.2) is 4.39 Å². The minimum absolute atomic E-state index is 0.243. The molecule has 21 heavy (non-hydrogen) atoms. The van der Waals surface area contributed by atoms with Gasteiger partial charge in [0.15, 0.2) is 6.10 Å². The van der Waals surface area contributed by atoms with Crippen LogP contribution in [0.25, 0.3) is 0 Å². The highest BCUT2D eigenvalue weighted by molar-refractivity contribution is 5.94. The van der Waals surface area contributed by atoms with Crippen LogP contribution < -0.4 is 10.1 Å². The van der Waals surface area contributed by atoms with Crippen molar-refractivity contribution >= 4 is 11.6 Å². The van der Waals surface area contributed by atoms with E-state index in [9.17, 15) is 9.18 Å². The van der Waals surface area contributed by atoms with E-state index >= 15 is 0 Å². The van der Waals surface area contributed by atoms with Crippen LogP contribution >= 0.6 is 0 Å².